The number of nitrogens with zero attached hydrogens (tertiary/aromatic N) is 1. The minimum Gasteiger partial charge on any atom is -0.379 e. The monoisotopic (exact) mass is 250 g/mol. The Bertz CT molecular complexity index is 274. The molecule has 1 aliphatic heterocycles. The van der Waals surface area contributed by atoms with Crippen molar-refractivity contribution in [1.82, 2.24) is 10.2 Å². The fourth-order valence-corrected chi connectivity index (χ4v) is 2.15. The van der Waals surface area contributed by atoms with E-state index in [2.05, 4.69) is 10.2 Å². The molecule has 0 aliphatic carbocycles. The summed E-state index contributed by atoms with van der Waals surface area (Å²) in [6, 6.07) is 0. The number of hydrogen-bond acceptors (Lipinski definition) is 5. The van der Waals surface area contributed by atoms with Gasteiger partial charge in [-0.15, -0.1) is 0 Å². The Kier molecular flexibility index (Phi) is 6.26. The predicted octanol–water partition coefficient (Wildman–Crippen LogP) is -0.657. The normalized spacial score (nSPS) is 18.8. The average molecular weight is 250 g/mol. The van der Waals surface area contributed by atoms with Gasteiger partial charge in [-0.3, -0.25) is 4.90 Å². The summed E-state index contributed by atoms with van der Waals surface area (Å²) in [5.41, 5.74) is 0. The summed E-state index contributed by atoms with van der Waals surface area (Å²) in [7, 11) is -2.82. The van der Waals surface area contributed by atoms with Crippen LogP contribution in [0.5, 0.6) is 0 Å². The zero-order chi connectivity index (χ0) is 11.9. The molecule has 1 fully saturated rings. The zero-order valence-electron chi connectivity index (χ0n) is 9.94. The number of morpholine rings is 1. The smallest absolute Gasteiger partial charge is 0.148 e. The van der Waals surface area contributed by atoms with Crippen LogP contribution in [0.1, 0.15) is 6.42 Å². The predicted molar refractivity (Wildman–Crippen MR) is 64.5 cm³/mol. The number of sulfone groups is 1. The van der Waals surface area contributed by atoms with Gasteiger partial charge in [0.1, 0.15) is 9.84 Å². The molecule has 1 heterocycles. The van der Waals surface area contributed by atoms with E-state index in [0.717, 1.165) is 45.8 Å². The lowest BCUT2D eigenvalue weighted by molar-refractivity contribution is 0.0375. The summed E-state index contributed by atoms with van der Waals surface area (Å²) in [4.78, 5) is 2.38. The molecule has 1 N–H and O–H groups in total. The molecule has 0 saturated carbocycles. The molecule has 0 radical (unpaired) electrons. The van der Waals surface area contributed by atoms with Crippen LogP contribution < -0.4 is 5.32 Å². The first-order valence-corrected chi connectivity index (χ1v) is 7.82. The van der Waals surface area contributed by atoms with Crippen molar-refractivity contribution in [2.24, 2.45) is 0 Å². The molecule has 0 unspecified atom stereocenters. The van der Waals surface area contributed by atoms with Crippen molar-refractivity contribution < 1.29 is 13.2 Å². The average Bonchev–Trinajstić information content (AvgIpc) is 2.23. The van der Waals surface area contributed by atoms with Crippen LogP contribution >= 0.6 is 0 Å². The molecule has 0 aromatic carbocycles. The van der Waals surface area contributed by atoms with E-state index in [9.17, 15) is 8.42 Å². The zero-order valence-corrected chi connectivity index (χ0v) is 10.8. The third-order valence-corrected chi connectivity index (χ3v) is 3.53. The van der Waals surface area contributed by atoms with Crippen LogP contribution in [0, 0.1) is 0 Å². The van der Waals surface area contributed by atoms with Gasteiger partial charge in [0.15, 0.2) is 0 Å². The lowest BCUT2D eigenvalue weighted by atomic mass is 10.3. The molecule has 0 bridgehead atoms. The number of ether oxygens (including phenoxy) is 1. The molecule has 0 amide bonds. The SMILES string of the molecule is CS(=O)(=O)CCNCCCN1CCOCC1. The van der Waals surface area contributed by atoms with Crippen molar-refractivity contribution in [2.75, 3.05) is 57.9 Å². The van der Waals surface area contributed by atoms with Crippen molar-refractivity contribution in [3.63, 3.8) is 0 Å². The molecular weight excluding hydrogens is 228 g/mol. The Labute approximate surface area is 98.1 Å². The Hall–Kier alpha value is -0.170. The van der Waals surface area contributed by atoms with Crippen LogP contribution in [0.2, 0.25) is 0 Å². The van der Waals surface area contributed by atoms with Gasteiger partial charge in [-0.1, -0.05) is 0 Å². The van der Waals surface area contributed by atoms with Gasteiger partial charge in [0.05, 0.1) is 19.0 Å². The summed E-state index contributed by atoms with van der Waals surface area (Å²) in [6.45, 7) is 6.21. The van der Waals surface area contributed by atoms with E-state index in [1.807, 2.05) is 0 Å². The number of nitrogens with one attached hydrogen (secondary N) is 1. The van der Waals surface area contributed by atoms with E-state index in [-0.39, 0.29) is 5.75 Å². The van der Waals surface area contributed by atoms with Crippen LogP contribution in [-0.2, 0) is 14.6 Å². The minimum atomic E-state index is -2.82. The summed E-state index contributed by atoms with van der Waals surface area (Å²) in [5.74, 6) is 0.227. The second-order valence-corrected chi connectivity index (χ2v) is 6.45. The van der Waals surface area contributed by atoms with Crippen molar-refractivity contribution >= 4 is 9.84 Å². The maximum atomic E-state index is 10.8. The summed E-state index contributed by atoms with van der Waals surface area (Å²) in [5, 5.41) is 3.14. The molecule has 1 saturated heterocycles. The highest BCUT2D eigenvalue weighted by molar-refractivity contribution is 7.90. The van der Waals surface area contributed by atoms with Crippen molar-refractivity contribution in [2.45, 2.75) is 6.42 Å². The summed E-state index contributed by atoms with van der Waals surface area (Å²) < 4.78 is 27.0. The maximum absolute atomic E-state index is 10.8. The van der Waals surface area contributed by atoms with E-state index in [4.69, 9.17) is 4.74 Å². The molecular formula is C10H22N2O3S. The first kappa shape index (κ1) is 13.9. The van der Waals surface area contributed by atoms with E-state index in [0.29, 0.717) is 6.54 Å². The van der Waals surface area contributed by atoms with Gasteiger partial charge in [-0.2, -0.15) is 0 Å². The molecule has 0 aromatic heterocycles. The van der Waals surface area contributed by atoms with Gasteiger partial charge >= 0.3 is 0 Å². The van der Waals surface area contributed by atoms with Gasteiger partial charge in [-0.05, 0) is 19.5 Å². The van der Waals surface area contributed by atoms with Gasteiger partial charge in [-0.25, -0.2) is 8.42 Å². The van der Waals surface area contributed by atoms with Gasteiger partial charge in [0, 0.05) is 25.9 Å². The largest absolute Gasteiger partial charge is 0.379 e. The number of hydrogen-bond donors (Lipinski definition) is 1. The molecule has 1 aliphatic rings. The second-order valence-electron chi connectivity index (χ2n) is 4.19. The summed E-state index contributed by atoms with van der Waals surface area (Å²) >= 11 is 0. The van der Waals surface area contributed by atoms with Crippen molar-refractivity contribution in [1.29, 1.82) is 0 Å². The molecule has 0 spiro atoms. The van der Waals surface area contributed by atoms with Crippen LogP contribution in [0.4, 0.5) is 0 Å². The minimum absolute atomic E-state index is 0.227. The Morgan fingerprint density at radius 1 is 1.25 bits per heavy atom. The third kappa shape index (κ3) is 7.16. The molecule has 0 aromatic rings. The van der Waals surface area contributed by atoms with Crippen LogP contribution in [-0.4, -0.2) is 71.3 Å². The van der Waals surface area contributed by atoms with Gasteiger partial charge < -0.3 is 10.1 Å². The van der Waals surface area contributed by atoms with E-state index in [1.54, 1.807) is 0 Å². The molecule has 0 atom stereocenters. The Morgan fingerprint density at radius 3 is 2.56 bits per heavy atom. The highest BCUT2D eigenvalue weighted by Gasteiger charge is 2.08. The highest BCUT2D eigenvalue weighted by atomic mass is 32.2. The quantitative estimate of drug-likeness (QED) is 0.608. The highest BCUT2D eigenvalue weighted by Crippen LogP contribution is 1.97. The van der Waals surface area contributed by atoms with Gasteiger partial charge in [0.2, 0.25) is 0 Å². The molecule has 96 valence electrons. The fourth-order valence-electron chi connectivity index (χ4n) is 1.63. The topological polar surface area (TPSA) is 58.6 Å². The molecule has 1 rings (SSSR count). The van der Waals surface area contributed by atoms with Gasteiger partial charge in [0.25, 0.3) is 0 Å². The fraction of sp³-hybridized carbons (Fsp3) is 1.00. The molecule has 6 heteroatoms. The second kappa shape index (κ2) is 7.21. The first-order chi connectivity index (χ1) is 7.58. The Balaban J connectivity index is 1.91. The standard InChI is InChI=1S/C10H22N2O3S/c1-16(13,14)10-4-11-3-2-5-12-6-8-15-9-7-12/h11H,2-10H2,1H3. The Morgan fingerprint density at radius 2 is 1.94 bits per heavy atom. The van der Waals surface area contributed by atoms with Crippen molar-refractivity contribution in [3.05, 3.63) is 0 Å². The van der Waals surface area contributed by atoms with E-state index < -0.39 is 9.84 Å². The van der Waals surface area contributed by atoms with Crippen LogP contribution in [0.15, 0.2) is 0 Å². The van der Waals surface area contributed by atoms with Crippen LogP contribution in [0.25, 0.3) is 0 Å². The van der Waals surface area contributed by atoms with Crippen molar-refractivity contribution in [3.8, 4) is 0 Å². The van der Waals surface area contributed by atoms with E-state index >= 15 is 0 Å². The third-order valence-electron chi connectivity index (χ3n) is 2.58. The molecule has 5 nitrogen and oxygen atoms in total. The summed E-state index contributed by atoms with van der Waals surface area (Å²) in [6.07, 6.45) is 2.33. The lowest BCUT2D eigenvalue weighted by Gasteiger charge is -2.26. The van der Waals surface area contributed by atoms with Crippen LogP contribution in [0.3, 0.4) is 0 Å². The first-order valence-electron chi connectivity index (χ1n) is 5.76. The number of rotatable bonds is 7. The lowest BCUT2D eigenvalue weighted by Crippen LogP contribution is -2.38. The molecule has 16 heavy (non-hydrogen) atoms. The maximum Gasteiger partial charge on any atom is 0.148 e. The van der Waals surface area contributed by atoms with E-state index in [1.165, 1.54) is 6.26 Å².